The van der Waals surface area contributed by atoms with Crippen molar-refractivity contribution in [1.29, 1.82) is 0 Å². The maximum absolute atomic E-state index is 11.0. The van der Waals surface area contributed by atoms with Crippen LogP contribution in [0.4, 0.5) is 0 Å². The Balaban J connectivity index is 2.73. The number of carbonyl (C=O) groups is 2. The molecule has 1 N–H and O–H groups in total. The summed E-state index contributed by atoms with van der Waals surface area (Å²) in [4.78, 5) is 21.6. The zero-order valence-electron chi connectivity index (χ0n) is 7.77. The summed E-state index contributed by atoms with van der Waals surface area (Å²) < 4.78 is 4.86. The van der Waals surface area contributed by atoms with Crippen molar-refractivity contribution in [3.8, 4) is 5.75 Å². The summed E-state index contributed by atoms with van der Waals surface area (Å²) in [5.74, 6) is -1.15. The van der Waals surface area contributed by atoms with Gasteiger partial charge in [-0.3, -0.25) is 4.79 Å². The second-order valence-corrected chi connectivity index (χ2v) is 3.12. The van der Waals surface area contributed by atoms with Crippen molar-refractivity contribution in [2.75, 3.05) is 5.88 Å². The van der Waals surface area contributed by atoms with Gasteiger partial charge in [-0.05, 0) is 18.2 Å². The molecule has 1 aromatic carbocycles. The number of carboxylic acids is 1. The molecule has 0 heterocycles. The van der Waals surface area contributed by atoms with E-state index in [0.29, 0.717) is 0 Å². The highest BCUT2D eigenvalue weighted by atomic mass is 35.5. The Bertz CT molecular complexity index is 375. The van der Waals surface area contributed by atoms with Crippen molar-refractivity contribution >= 4 is 23.5 Å². The van der Waals surface area contributed by atoms with Crippen molar-refractivity contribution < 1.29 is 19.4 Å². The Morgan fingerprint density at radius 3 is 2.73 bits per heavy atom. The minimum Gasteiger partial charge on any atom is -0.478 e. The average molecular weight is 229 g/mol. The van der Waals surface area contributed by atoms with Crippen LogP contribution in [0.25, 0.3) is 0 Å². The Hall–Kier alpha value is -1.55. The molecule has 0 saturated carbocycles. The van der Waals surface area contributed by atoms with E-state index >= 15 is 0 Å². The van der Waals surface area contributed by atoms with Crippen molar-refractivity contribution in [3.63, 3.8) is 0 Å². The number of ether oxygens (including phenoxy) is 1. The fourth-order valence-electron chi connectivity index (χ4n) is 0.952. The number of halogens is 1. The largest absolute Gasteiger partial charge is 0.478 e. The number of carbonyl (C=O) groups excluding carboxylic acids is 1. The highest BCUT2D eigenvalue weighted by molar-refractivity contribution is 6.18. The smallest absolute Gasteiger partial charge is 0.335 e. The van der Waals surface area contributed by atoms with Crippen LogP contribution in [0.1, 0.15) is 16.8 Å². The molecule has 15 heavy (non-hydrogen) atoms. The zero-order chi connectivity index (χ0) is 11.3. The molecule has 1 aromatic rings. The molecule has 0 saturated heterocycles. The molecule has 0 aliphatic rings. The van der Waals surface area contributed by atoms with Gasteiger partial charge in [0.25, 0.3) is 0 Å². The maximum atomic E-state index is 11.0. The lowest BCUT2D eigenvalue weighted by molar-refractivity contribution is -0.133. The molecule has 0 aliphatic heterocycles. The molecular weight excluding hydrogens is 220 g/mol. The highest BCUT2D eigenvalue weighted by Crippen LogP contribution is 2.13. The van der Waals surface area contributed by atoms with Crippen LogP contribution >= 0.6 is 11.6 Å². The fraction of sp³-hybridized carbons (Fsp3) is 0.200. The first kappa shape index (κ1) is 11.5. The summed E-state index contributed by atoms with van der Waals surface area (Å²) in [6.45, 7) is 0. The molecule has 4 nitrogen and oxygen atoms in total. The van der Waals surface area contributed by atoms with Gasteiger partial charge >= 0.3 is 11.9 Å². The SMILES string of the molecule is O=C(CCCl)Oc1cccc(C(=O)O)c1. The fourth-order valence-corrected chi connectivity index (χ4v) is 1.11. The van der Waals surface area contributed by atoms with Crippen LogP contribution in [0.15, 0.2) is 24.3 Å². The first-order valence-corrected chi connectivity index (χ1v) is 4.77. The topological polar surface area (TPSA) is 63.6 Å². The van der Waals surface area contributed by atoms with Crippen molar-refractivity contribution in [2.45, 2.75) is 6.42 Å². The number of rotatable bonds is 4. The van der Waals surface area contributed by atoms with E-state index in [2.05, 4.69) is 0 Å². The Morgan fingerprint density at radius 2 is 2.13 bits per heavy atom. The van der Waals surface area contributed by atoms with E-state index in [1.807, 2.05) is 0 Å². The molecule has 0 fully saturated rings. The molecule has 0 atom stereocenters. The van der Waals surface area contributed by atoms with Crippen molar-refractivity contribution in [3.05, 3.63) is 29.8 Å². The number of hydrogen-bond acceptors (Lipinski definition) is 3. The molecule has 0 amide bonds. The standard InChI is InChI=1S/C10H9ClO4/c11-5-4-9(12)15-8-3-1-2-7(6-8)10(13)14/h1-3,6H,4-5H2,(H,13,14). The summed E-state index contributed by atoms with van der Waals surface area (Å²) in [7, 11) is 0. The maximum Gasteiger partial charge on any atom is 0.335 e. The molecule has 0 radical (unpaired) electrons. The lowest BCUT2D eigenvalue weighted by atomic mass is 10.2. The number of alkyl halides is 1. The monoisotopic (exact) mass is 228 g/mol. The quantitative estimate of drug-likeness (QED) is 0.486. The third-order valence-corrected chi connectivity index (χ3v) is 1.80. The molecule has 0 unspecified atom stereocenters. The van der Waals surface area contributed by atoms with Gasteiger partial charge < -0.3 is 9.84 Å². The van der Waals surface area contributed by atoms with E-state index in [4.69, 9.17) is 21.4 Å². The van der Waals surface area contributed by atoms with Crippen LogP contribution in [0, 0.1) is 0 Å². The normalized spacial score (nSPS) is 9.67. The van der Waals surface area contributed by atoms with E-state index in [1.165, 1.54) is 24.3 Å². The second kappa shape index (κ2) is 5.36. The number of carboxylic acid groups (broad SMARTS) is 1. The average Bonchev–Trinajstić information content (AvgIpc) is 2.18. The van der Waals surface area contributed by atoms with Gasteiger partial charge in [0.2, 0.25) is 0 Å². The first-order chi connectivity index (χ1) is 7.13. The van der Waals surface area contributed by atoms with Gasteiger partial charge in [0.15, 0.2) is 0 Å². The molecule has 5 heteroatoms. The van der Waals surface area contributed by atoms with Gasteiger partial charge in [-0.25, -0.2) is 4.79 Å². The van der Waals surface area contributed by atoms with Crippen molar-refractivity contribution in [2.24, 2.45) is 0 Å². The highest BCUT2D eigenvalue weighted by Gasteiger charge is 2.07. The lowest BCUT2D eigenvalue weighted by Gasteiger charge is -2.03. The van der Waals surface area contributed by atoms with Gasteiger partial charge in [0, 0.05) is 5.88 Å². The Kier molecular flexibility index (Phi) is 4.12. The van der Waals surface area contributed by atoms with E-state index in [-0.39, 0.29) is 23.6 Å². The molecule has 0 aromatic heterocycles. The van der Waals surface area contributed by atoms with Gasteiger partial charge in [0.05, 0.1) is 12.0 Å². The summed E-state index contributed by atoms with van der Waals surface area (Å²) in [5.41, 5.74) is 0.0752. The molecule has 80 valence electrons. The van der Waals surface area contributed by atoms with Gasteiger partial charge in [-0.2, -0.15) is 0 Å². The third kappa shape index (κ3) is 3.59. The van der Waals surface area contributed by atoms with Crippen LogP contribution in [-0.2, 0) is 4.79 Å². The minimum atomic E-state index is -1.06. The van der Waals surface area contributed by atoms with Crippen LogP contribution in [0.5, 0.6) is 5.75 Å². The minimum absolute atomic E-state index is 0.0752. The Labute approximate surface area is 91.4 Å². The number of benzene rings is 1. The second-order valence-electron chi connectivity index (χ2n) is 2.75. The first-order valence-electron chi connectivity index (χ1n) is 4.23. The molecule has 0 bridgehead atoms. The molecule has 1 rings (SSSR count). The summed E-state index contributed by atoms with van der Waals surface area (Å²) in [6.07, 6.45) is 0.0961. The summed E-state index contributed by atoms with van der Waals surface area (Å²) in [6, 6.07) is 5.72. The molecule has 0 aliphatic carbocycles. The molecular formula is C10H9ClO4. The molecule has 0 spiro atoms. The van der Waals surface area contributed by atoms with Crippen molar-refractivity contribution in [1.82, 2.24) is 0 Å². The lowest BCUT2D eigenvalue weighted by Crippen LogP contribution is -2.08. The number of hydrogen-bond donors (Lipinski definition) is 1. The summed E-state index contributed by atoms with van der Waals surface area (Å²) in [5, 5.41) is 8.69. The van der Waals surface area contributed by atoms with Gasteiger partial charge in [-0.15, -0.1) is 11.6 Å². The number of aromatic carboxylic acids is 1. The van der Waals surface area contributed by atoms with Crippen LogP contribution < -0.4 is 4.74 Å². The van der Waals surface area contributed by atoms with Crippen LogP contribution in [-0.4, -0.2) is 22.9 Å². The Morgan fingerprint density at radius 1 is 1.40 bits per heavy atom. The van der Waals surface area contributed by atoms with E-state index < -0.39 is 11.9 Å². The van der Waals surface area contributed by atoms with Gasteiger partial charge in [0.1, 0.15) is 5.75 Å². The third-order valence-electron chi connectivity index (χ3n) is 1.61. The van der Waals surface area contributed by atoms with Crippen LogP contribution in [0.2, 0.25) is 0 Å². The van der Waals surface area contributed by atoms with Crippen LogP contribution in [0.3, 0.4) is 0 Å². The van der Waals surface area contributed by atoms with E-state index in [0.717, 1.165) is 0 Å². The van der Waals surface area contributed by atoms with E-state index in [9.17, 15) is 9.59 Å². The number of esters is 1. The predicted octanol–water partition coefficient (Wildman–Crippen LogP) is 1.92. The predicted molar refractivity (Wildman–Crippen MR) is 54.4 cm³/mol. The zero-order valence-corrected chi connectivity index (χ0v) is 8.53. The van der Waals surface area contributed by atoms with E-state index in [1.54, 1.807) is 0 Å². The summed E-state index contributed by atoms with van der Waals surface area (Å²) >= 11 is 5.35. The van der Waals surface area contributed by atoms with Gasteiger partial charge in [-0.1, -0.05) is 6.07 Å².